The van der Waals surface area contributed by atoms with Crippen molar-refractivity contribution in [3.05, 3.63) is 70.8 Å². The van der Waals surface area contributed by atoms with Crippen LogP contribution in [0.1, 0.15) is 82.9 Å². The van der Waals surface area contributed by atoms with E-state index in [1.54, 1.807) is 6.92 Å². The molecule has 2 aromatic rings. The van der Waals surface area contributed by atoms with E-state index in [1.165, 1.54) is 0 Å². The summed E-state index contributed by atoms with van der Waals surface area (Å²) in [5.41, 5.74) is 2.36. The van der Waals surface area contributed by atoms with Gasteiger partial charge in [0.05, 0.1) is 23.1 Å². The van der Waals surface area contributed by atoms with Crippen molar-refractivity contribution in [3.63, 3.8) is 0 Å². The number of aliphatic hydroxyl groups is 1. The second-order valence-electron chi connectivity index (χ2n) is 11.4. The number of rotatable bonds is 20. The first kappa shape index (κ1) is 40.4. The fraction of sp³-hybridized carbons (Fsp3) is 0.576. The van der Waals surface area contributed by atoms with Crippen LogP contribution in [0.4, 0.5) is 8.78 Å². The van der Waals surface area contributed by atoms with Gasteiger partial charge in [0.2, 0.25) is 11.8 Å². The van der Waals surface area contributed by atoms with E-state index in [4.69, 9.17) is 0 Å². The Morgan fingerprint density at radius 1 is 0.867 bits per heavy atom. The third kappa shape index (κ3) is 14.1. The minimum Gasteiger partial charge on any atom is -0.390 e. The van der Waals surface area contributed by atoms with Gasteiger partial charge in [0.1, 0.15) is 17.7 Å². The highest BCUT2D eigenvalue weighted by atomic mass is 35.5. The summed E-state index contributed by atoms with van der Waals surface area (Å²) in [6.45, 7) is 8.09. The topological polar surface area (TPSA) is 125 Å². The van der Waals surface area contributed by atoms with Gasteiger partial charge in [0.15, 0.2) is 9.84 Å². The van der Waals surface area contributed by atoms with Gasteiger partial charge >= 0.3 is 0 Å². The van der Waals surface area contributed by atoms with Crippen LogP contribution in [0, 0.1) is 11.6 Å². The third-order valence-electron chi connectivity index (χ3n) is 7.51. The van der Waals surface area contributed by atoms with Gasteiger partial charge in [-0.25, -0.2) is 17.2 Å². The van der Waals surface area contributed by atoms with Crippen LogP contribution in [0.25, 0.3) is 0 Å². The van der Waals surface area contributed by atoms with Crippen molar-refractivity contribution < 1.29 is 31.9 Å². The maximum atomic E-state index is 14.0. The predicted molar refractivity (Wildman–Crippen MR) is 177 cm³/mol. The summed E-state index contributed by atoms with van der Waals surface area (Å²) in [5.74, 6) is -3.46. The van der Waals surface area contributed by atoms with E-state index in [9.17, 15) is 31.9 Å². The van der Waals surface area contributed by atoms with E-state index in [-0.39, 0.29) is 37.4 Å². The van der Waals surface area contributed by atoms with Crippen molar-refractivity contribution in [2.75, 3.05) is 12.3 Å². The zero-order valence-corrected chi connectivity index (χ0v) is 28.4. The lowest BCUT2D eigenvalue weighted by Gasteiger charge is -2.28. The Kier molecular flexibility index (Phi) is 18.4. The van der Waals surface area contributed by atoms with Gasteiger partial charge in [-0.15, -0.1) is 12.4 Å². The lowest BCUT2D eigenvalue weighted by Crippen LogP contribution is -2.57. The molecule has 2 rings (SSSR count). The number of amides is 2. The van der Waals surface area contributed by atoms with Crippen LogP contribution < -0.4 is 16.0 Å². The molecule has 0 bridgehead atoms. The van der Waals surface area contributed by atoms with Crippen molar-refractivity contribution in [3.8, 4) is 0 Å². The Balaban J connectivity index is 0.0000101. The van der Waals surface area contributed by atoms with Gasteiger partial charge in [-0.3, -0.25) is 9.59 Å². The molecule has 12 heteroatoms. The highest BCUT2D eigenvalue weighted by Gasteiger charge is 2.34. The third-order valence-corrected chi connectivity index (χ3v) is 9.79. The number of halogens is 3. The molecule has 0 heterocycles. The van der Waals surface area contributed by atoms with Crippen molar-refractivity contribution >= 4 is 34.1 Å². The molecule has 0 aliphatic heterocycles. The molecule has 2 aromatic carbocycles. The SMILES string of the molecule is CCCC(=O)N[C@H](CS(=O)(=O)C(CCC)CCC)C(=O)N[C@@H](Cc1cc(F)cc(F)c1)[C@H](O)CNCc1cccc(CC)c1.Cl. The quantitative estimate of drug-likeness (QED) is 0.160. The Bertz CT molecular complexity index is 1290. The number of nitrogens with one attached hydrogen (secondary N) is 3. The molecule has 0 aromatic heterocycles. The Hall–Kier alpha value is -2.60. The molecule has 0 radical (unpaired) electrons. The molecule has 0 aliphatic rings. The van der Waals surface area contributed by atoms with Crippen molar-refractivity contribution in [1.29, 1.82) is 0 Å². The van der Waals surface area contributed by atoms with Gasteiger partial charge in [-0.05, 0) is 60.9 Å². The molecule has 3 atom stereocenters. The minimum absolute atomic E-state index is 0. The van der Waals surface area contributed by atoms with Crippen LogP contribution in [0.3, 0.4) is 0 Å². The first-order valence-corrected chi connectivity index (χ1v) is 17.4. The summed E-state index contributed by atoms with van der Waals surface area (Å²) in [5, 5.41) is 18.9. The van der Waals surface area contributed by atoms with Crippen LogP contribution in [-0.2, 0) is 38.8 Å². The van der Waals surface area contributed by atoms with Gasteiger partial charge in [-0.1, -0.05) is 64.8 Å². The molecule has 4 N–H and O–H groups in total. The van der Waals surface area contributed by atoms with Gasteiger partial charge < -0.3 is 21.1 Å². The largest absolute Gasteiger partial charge is 0.390 e. The first-order valence-electron chi connectivity index (χ1n) is 15.6. The summed E-state index contributed by atoms with van der Waals surface area (Å²) in [6, 6.07) is 8.46. The average molecular weight is 674 g/mol. The van der Waals surface area contributed by atoms with Crippen molar-refractivity contribution in [2.45, 2.75) is 109 Å². The summed E-state index contributed by atoms with van der Waals surface area (Å²) in [7, 11) is -3.78. The predicted octanol–water partition coefficient (Wildman–Crippen LogP) is 4.80. The summed E-state index contributed by atoms with van der Waals surface area (Å²) in [4.78, 5) is 26.2. The zero-order chi connectivity index (χ0) is 32.7. The van der Waals surface area contributed by atoms with Crippen molar-refractivity contribution in [1.82, 2.24) is 16.0 Å². The summed E-state index contributed by atoms with van der Waals surface area (Å²) in [6.07, 6.45) is 2.31. The van der Waals surface area contributed by atoms with Gasteiger partial charge in [0, 0.05) is 25.6 Å². The molecule has 0 saturated heterocycles. The molecule has 0 unspecified atom stereocenters. The maximum absolute atomic E-state index is 14.0. The molecule has 0 saturated carbocycles. The number of aliphatic hydroxyl groups excluding tert-OH is 1. The Morgan fingerprint density at radius 3 is 2.07 bits per heavy atom. The molecule has 45 heavy (non-hydrogen) atoms. The number of aryl methyl sites for hydroxylation is 1. The second kappa shape index (κ2) is 20.5. The van der Waals surface area contributed by atoms with Crippen LogP contribution in [-0.4, -0.2) is 61.1 Å². The smallest absolute Gasteiger partial charge is 0.243 e. The van der Waals surface area contributed by atoms with E-state index >= 15 is 0 Å². The highest BCUT2D eigenvalue weighted by Crippen LogP contribution is 2.18. The summed E-state index contributed by atoms with van der Waals surface area (Å²) >= 11 is 0. The standard InChI is InChI=1S/C33H49F2N3O5S.ClH/c1-5-10-28(11-6-2)44(42,43)22-30(37-32(40)12-7-3)33(41)38-29(18-25-16-26(34)19-27(35)17-25)31(39)21-36-20-24-14-9-13-23(8-4)15-24;/h9,13-17,19,28-31,36,39H,5-8,10-12,18,20-22H2,1-4H3,(H,37,40)(H,38,41);1H/t29-,30+,31+;/m0./s1. The van der Waals surface area contributed by atoms with Crippen LogP contribution in [0.5, 0.6) is 0 Å². The summed E-state index contributed by atoms with van der Waals surface area (Å²) < 4.78 is 54.8. The minimum atomic E-state index is -3.78. The molecule has 0 aliphatic carbocycles. The second-order valence-corrected chi connectivity index (χ2v) is 13.7. The molecular formula is C33H50ClF2N3O5S. The van der Waals surface area contributed by atoms with Crippen LogP contribution >= 0.6 is 12.4 Å². The normalized spacial score (nSPS) is 13.5. The first-order chi connectivity index (χ1) is 20.9. The van der Waals surface area contributed by atoms with Gasteiger partial charge in [-0.2, -0.15) is 0 Å². The highest BCUT2D eigenvalue weighted by molar-refractivity contribution is 7.92. The lowest BCUT2D eigenvalue weighted by atomic mass is 10.00. The number of sulfone groups is 1. The van der Waals surface area contributed by atoms with E-state index in [0.717, 1.165) is 35.7 Å². The molecule has 254 valence electrons. The fourth-order valence-electron chi connectivity index (χ4n) is 5.21. The molecular weight excluding hydrogens is 624 g/mol. The number of carbonyl (C=O) groups is 2. The molecule has 0 fully saturated rings. The maximum Gasteiger partial charge on any atom is 0.243 e. The lowest BCUT2D eigenvalue weighted by molar-refractivity contribution is -0.129. The Morgan fingerprint density at radius 2 is 1.49 bits per heavy atom. The number of hydrogen-bond donors (Lipinski definition) is 4. The zero-order valence-electron chi connectivity index (χ0n) is 26.8. The molecule has 0 spiro atoms. The fourth-order valence-corrected chi connectivity index (χ4v) is 7.37. The van der Waals surface area contributed by atoms with Crippen LogP contribution in [0.2, 0.25) is 0 Å². The van der Waals surface area contributed by atoms with E-state index in [2.05, 4.69) is 22.9 Å². The van der Waals surface area contributed by atoms with Crippen molar-refractivity contribution in [2.24, 2.45) is 0 Å². The average Bonchev–Trinajstić information content (AvgIpc) is 2.96. The molecule has 2 amide bonds. The molecule has 8 nitrogen and oxygen atoms in total. The van der Waals surface area contributed by atoms with E-state index < -0.39 is 62.5 Å². The number of carbonyl (C=O) groups excluding carboxylic acids is 2. The number of benzene rings is 2. The monoisotopic (exact) mass is 673 g/mol. The van der Waals surface area contributed by atoms with Crippen LogP contribution in [0.15, 0.2) is 42.5 Å². The number of hydrogen-bond acceptors (Lipinski definition) is 6. The van der Waals surface area contributed by atoms with E-state index in [1.807, 2.05) is 38.1 Å². The van der Waals surface area contributed by atoms with Gasteiger partial charge in [0.25, 0.3) is 0 Å². The van der Waals surface area contributed by atoms with E-state index in [0.29, 0.717) is 38.6 Å². The Labute approximate surface area is 273 Å².